The van der Waals surface area contributed by atoms with Gasteiger partial charge in [-0.3, -0.25) is 0 Å². The van der Waals surface area contributed by atoms with Crippen LogP contribution in [-0.4, -0.2) is 19.3 Å². The highest BCUT2D eigenvalue weighted by Crippen LogP contribution is 2.23. The van der Waals surface area contributed by atoms with Crippen LogP contribution in [0.5, 0.6) is 0 Å². The number of hydrogen-bond acceptors (Lipinski definition) is 2. The van der Waals surface area contributed by atoms with E-state index in [-0.39, 0.29) is 0 Å². The lowest BCUT2D eigenvalue weighted by molar-refractivity contribution is -0.141. The molecule has 0 saturated carbocycles. The average molecular weight is 157 g/mol. The highest BCUT2D eigenvalue weighted by molar-refractivity contribution is 4.77. The second kappa shape index (κ2) is 4.73. The third kappa shape index (κ3) is 2.46. The largest absolute Gasteiger partial charge is 0.375 e. The lowest BCUT2D eigenvalue weighted by Gasteiger charge is -2.35. The fourth-order valence-electron chi connectivity index (χ4n) is 1.21. The first-order valence-corrected chi connectivity index (χ1v) is 4.43. The Balaban J connectivity index is 1.98. The van der Waals surface area contributed by atoms with E-state index in [9.17, 15) is 0 Å². The molecular formula is C9H17O2. The zero-order chi connectivity index (χ0) is 8.10. The van der Waals surface area contributed by atoms with Gasteiger partial charge >= 0.3 is 0 Å². The standard InChI is InChI=1S/C9H17O2/c1-3-5-10-7-9-8(4-2)6-11-9/h5,8-9H,3-4,6-7H2,1-2H3. The van der Waals surface area contributed by atoms with Gasteiger partial charge in [-0.15, -0.1) is 0 Å². The van der Waals surface area contributed by atoms with Crippen LogP contribution in [0.1, 0.15) is 26.7 Å². The molecule has 1 rings (SSSR count). The molecule has 1 aliphatic heterocycles. The molecule has 1 aliphatic rings. The minimum absolute atomic E-state index is 0.364. The monoisotopic (exact) mass is 157 g/mol. The molecule has 0 aromatic rings. The quantitative estimate of drug-likeness (QED) is 0.568. The molecule has 65 valence electrons. The van der Waals surface area contributed by atoms with Crippen LogP contribution in [0, 0.1) is 12.5 Å². The Morgan fingerprint density at radius 1 is 1.55 bits per heavy atom. The smallest absolute Gasteiger partial charge is 0.0858 e. The molecule has 0 N–H and O–H groups in total. The van der Waals surface area contributed by atoms with Crippen molar-refractivity contribution >= 4 is 0 Å². The molecule has 0 aliphatic carbocycles. The second-order valence-corrected chi connectivity index (χ2v) is 2.95. The van der Waals surface area contributed by atoms with Gasteiger partial charge in [0.2, 0.25) is 0 Å². The molecule has 2 heteroatoms. The lowest BCUT2D eigenvalue weighted by atomic mass is 9.96. The zero-order valence-corrected chi connectivity index (χ0v) is 7.38. The predicted molar refractivity (Wildman–Crippen MR) is 44.1 cm³/mol. The van der Waals surface area contributed by atoms with Crippen molar-refractivity contribution in [1.82, 2.24) is 0 Å². The number of hydrogen-bond donors (Lipinski definition) is 0. The van der Waals surface area contributed by atoms with Gasteiger partial charge in [0, 0.05) is 5.92 Å². The van der Waals surface area contributed by atoms with E-state index in [4.69, 9.17) is 9.47 Å². The van der Waals surface area contributed by atoms with Gasteiger partial charge in [0.25, 0.3) is 0 Å². The fourth-order valence-corrected chi connectivity index (χ4v) is 1.21. The van der Waals surface area contributed by atoms with Crippen LogP contribution in [0.2, 0.25) is 0 Å². The highest BCUT2D eigenvalue weighted by Gasteiger charge is 2.30. The first-order valence-electron chi connectivity index (χ1n) is 4.43. The van der Waals surface area contributed by atoms with Gasteiger partial charge < -0.3 is 9.47 Å². The normalized spacial score (nSPS) is 30.0. The van der Waals surface area contributed by atoms with Crippen molar-refractivity contribution in [1.29, 1.82) is 0 Å². The van der Waals surface area contributed by atoms with E-state index in [2.05, 4.69) is 13.8 Å². The van der Waals surface area contributed by atoms with Gasteiger partial charge in [-0.1, -0.05) is 13.8 Å². The molecule has 1 fully saturated rings. The summed E-state index contributed by atoms with van der Waals surface area (Å²) in [5.41, 5.74) is 0. The van der Waals surface area contributed by atoms with E-state index in [0.717, 1.165) is 25.6 Å². The van der Waals surface area contributed by atoms with Crippen LogP contribution in [0.15, 0.2) is 0 Å². The van der Waals surface area contributed by atoms with Gasteiger partial charge in [0.1, 0.15) is 0 Å². The van der Waals surface area contributed by atoms with E-state index in [1.165, 1.54) is 6.42 Å². The van der Waals surface area contributed by atoms with Crippen LogP contribution in [0.25, 0.3) is 0 Å². The fraction of sp³-hybridized carbons (Fsp3) is 0.889. The zero-order valence-electron chi connectivity index (χ0n) is 7.38. The summed E-state index contributed by atoms with van der Waals surface area (Å²) in [5, 5.41) is 0. The number of rotatable bonds is 5. The maximum absolute atomic E-state index is 5.34. The summed E-state index contributed by atoms with van der Waals surface area (Å²) < 4.78 is 10.6. The molecule has 2 unspecified atom stereocenters. The third-order valence-electron chi connectivity index (χ3n) is 2.12. The summed E-state index contributed by atoms with van der Waals surface area (Å²) in [6.07, 6.45) is 2.55. The molecule has 0 aromatic carbocycles. The Hall–Kier alpha value is -0.0800. The molecule has 0 amide bonds. The Labute approximate surface area is 68.9 Å². The van der Waals surface area contributed by atoms with Gasteiger partial charge in [0.05, 0.1) is 25.9 Å². The molecule has 11 heavy (non-hydrogen) atoms. The molecule has 1 heterocycles. The van der Waals surface area contributed by atoms with Crippen LogP contribution in [-0.2, 0) is 9.47 Å². The van der Waals surface area contributed by atoms with Crippen LogP contribution in [0.4, 0.5) is 0 Å². The van der Waals surface area contributed by atoms with E-state index in [0.29, 0.717) is 6.10 Å². The predicted octanol–water partition coefficient (Wildman–Crippen LogP) is 2.00. The van der Waals surface area contributed by atoms with Crippen molar-refractivity contribution in [3.05, 3.63) is 6.61 Å². The van der Waals surface area contributed by atoms with Gasteiger partial charge in [-0.05, 0) is 12.8 Å². The van der Waals surface area contributed by atoms with Crippen LogP contribution < -0.4 is 0 Å². The lowest BCUT2D eigenvalue weighted by Crippen LogP contribution is -2.42. The van der Waals surface area contributed by atoms with E-state index >= 15 is 0 Å². The molecule has 0 spiro atoms. The van der Waals surface area contributed by atoms with Gasteiger partial charge in [0.15, 0.2) is 0 Å². The summed E-state index contributed by atoms with van der Waals surface area (Å²) >= 11 is 0. The van der Waals surface area contributed by atoms with Crippen LogP contribution in [0.3, 0.4) is 0 Å². The first-order chi connectivity index (χ1) is 5.38. The van der Waals surface area contributed by atoms with E-state index < -0.39 is 0 Å². The molecule has 1 radical (unpaired) electrons. The minimum Gasteiger partial charge on any atom is -0.375 e. The van der Waals surface area contributed by atoms with Gasteiger partial charge in [-0.25, -0.2) is 0 Å². The van der Waals surface area contributed by atoms with Crippen molar-refractivity contribution in [2.24, 2.45) is 5.92 Å². The Bertz CT molecular complexity index is 102. The topological polar surface area (TPSA) is 18.5 Å². The molecule has 2 nitrogen and oxygen atoms in total. The first kappa shape index (κ1) is 9.01. The third-order valence-corrected chi connectivity index (χ3v) is 2.12. The maximum Gasteiger partial charge on any atom is 0.0858 e. The Morgan fingerprint density at radius 3 is 2.82 bits per heavy atom. The average Bonchev–Trinajstić information content (AvgIpc) is 1.97. The van der Waals surface area contributed by atoms with Crippen molar-refractivity contribution in [3.8, 4) is 0 Å². The maximum atomic E-state index is 5.34. The summed E-state index contributed by atoms with van der Waals surface area (Å²) in [6.45, 7) is 7.78. The van der Waals surface area contributed by atoms with Crippen molar-refractivity contribution in [3.63, 3.8) is 0 Å². The molecular weight excluding hydrogens is 140 g/mol. The summed E-state index contributed by atoms with van der Waals surface area (Å²) in [5.74, 6) is 0.736. The summed E-state index contributed by atoms with van der Waals surface area (Å²) in [6, 6.07) is 0. The van der Waals surface area contributed by atoms with Crippen LogP contribution >= 0.6 is 0 Å². The van der Waals surface area contributed by atoms with E-state index in [1.807, 2.05) is 6.61 Å². The highest BCUT2D eigenvalue weighted by atomic mass is 16.5. The molecule has 0 aromatic heterocycles. The van der Waals surface area contributed by atoms with Crippen molar-refractivity contribution in [2.75, 3.05) is 13.2 Å². The molecule has 0 bridgehead atoms. The van der Waals surface area contributed by atoms with E-state index in [1.54, 1.807) is 0 Å². The van der Waals surface area contributed by atoms with Gasteiger partial charge in [-0.2, -0.15) is 0 Å². The summed E-state index contributed by atoms with van der Waals surface area (Å²) in [4.78, 5) is 0. The van der Waals surface area contributed by atoms with Crippen molar-refractivity contribution in [2.45, 2.75) is 32.8 Å². The second-order valence-electron chi connectivity index (χ2n) is 2.95. The summed E-state index contributed by atoms with van der Waals surface area (Å²) in [7, 11) is 0. The number of ether oxygens (including phenoxy) is 2. The minimum atomic E-state index is 0.364. The SMILES string of the molecule is CC[CH]OCC1OCC1CC. The molecule has 1 saturated heterocycles. The Kier molecular flexibility index (Phi) is 3.87. The molecule has 2 atom stereocenters. The Morgan fingerprint density at radius 2 is 2.36 bits per heavy atom. The van der Waals surface area contributed by atoms with Crippen molar-refractivity contribution < 1.29 is 9.47 Å².